The van der Waals surface area contributed by atoms with Crippen molar-refractivity contribution in [3.05, 3.63) is 0 Å². The number of nitrogens with two attached hydrogens (primary N) is 3. The lowest BCUT2D eigenvalue weighted by Crippen LogP contribution is -2.58. The fourth-order valence-corrected chi connectivity index (χ4v) is 2.96. The molecule has 5 amide bonds. The quantitative estimate of drug-likeness (QED) is 0.129. The van der Waals surface area contributed by atoms with Gasteiger partial charge in [-0.3, -0.25) is 24.0 Å². The van der Waals surface area contributed by atoms with E-state index in [1.54, 1.807) is 20.8 Å². The van der Waals surface area contributed by atoms with E-state index in [9.17, 15) is 33.9 Å². The summed E-state index contributed by atoms with van der Waals surface area (Å²) in [6.45, 7) is 6.96. The zero-order chi connectivity index (χ0) is 26.6. The van der Waals surface area contributed by atoms with Crippen LogP contribution in [0, 0.1) is 11.8 Å². The molecule has 0 bridgehead atoms. The summed E-state index contributed by atoms with van der Waals surface area (Å²) in [6, 6.07) is -4.98. The molecule has 13 nitrogen and oxygen atoms in total. The van der Waals surface area contributed by atoms with Crippen molar-refractivity contribution in [2.24, 2.45) is 29.0 Å². The Morgan fingerprint density at radius 1 is 0.765 bits per heavy atom. The molecule has 0 radical (unpaired) electrons. The Labute approximate surface area is 198 Å². The highest BCUT2D eigenvalue weighted by atomic mass is 16.4. The summed E-state index contributed by atoms with van der Waals surface area (Å²) in [4.78, 5) is 72.3. The number of hydrogen-bond acceptors (Lipinski definition) is 7. The normalized spacial score (nSPS) is 16.1. The minimum absolute atomic E-state index is 0.185. The van der Waals surface area contributed by atoms with Gasteiger partial charge in [0.15, 0.2) is 0 Å². The highest BCUT2D eigenvalue weighted by Gasteiger charge is 2.33. The fraction of sp³-hybridized carbons (Fsp3) is 0.714. The Kier molecular flexibility index (Phi) is 13.4. The monoisotopic (exact) mass is 486 g/mol. The topological polar surface area (TPSA) is 237 Å². The number of amides is 5. The predicted molar refractivity (Wildman–Crippen MR) is 123 cm³/mol. The van der Waals surface area contributed by atoms with Crippen LogP contribution in [0.15, 0.2) is 0 Å². The Morgan fingerprint density at radius 3 is 1.71 bits per heavy atom. The molecular weight excluding hydrogens is 448 g/mol. The maximum Gasteiger partial charge on any atom is 0.326 e. The molecule has 0 aromatic heterocycles. The average molecular weight is 487 g/mol. The highest BCUT2D eigenvalue weighted by molar-refractivity contribution is 5.96. The summed E-state index contributed by atoms with van der Waals surface area (Å²) < 4.78 is 0. The van der Waals surface area contributed by atoms with Crippen LogP contribution in [-0.2, 0) is 28.8 Å². The Morgan fingerprint density at radius 2 is 1.26 bits per heavy atom. The number of hydrogen-bond donors (Lipinski definition) is 7. The Hall–Kier alpha value is -3.22. The van der Waals surface area contributed by atoms with Gasteiger partial charge < -0.3 is 38.3 Å². The molecular formula is C21H38N6O7. The molecule has 0 aliphatic heterocycles. The third kappa shape index (κ3) is 10.6. The van der Waals surface area contributed by atoms with Crippen molar-refractivity contribution in [2.75, 3.05) is 0 Å². The van der Waals surface area contributed by atoms with Gasteiger partial charge in [0, 0.05) is 6.42 Å². The molecule has 10 N–H and O–H groups in total. The van der Waals surface area contributed by atoms with E-state index >= 15 is 0 Å². The molecule has 0 saturated carbocycles. The number of rotatable bonds is 16. The van der Waals surface area contributed by atoms with Gasteiger partial charge in [0.05, 0.1) is 12.5 Å². The number of carboxylic acid groups (broad SMARTS) is 1. The number of primary amides is 2. The lowest BCUT2D eigenvalue weighted by atomic mass is 9.98. The number of nitrogens with one attached hydrogen (secondary N) is 3. The predicted octanol–water partition coefficient (Wildman–Crippen LogP) is -1.91. The minimum Gasteiger partial charge on any atom is -0.480 e. The van der Waals surface area contributed by atoms with Crippen molar-refractivity contribution in [1.82, 2.24) is 16.0 Å². The maximum absolute atomic E-state index is 12.9. The number of aliphatic carboxylic acids is 1. The van der Waals surface area contributed by atoms with Crippen molar-refractivity contribution in [1.29, 1.82) is 0 Å². The molecule has 194 valence electrons. The smallest absolute Gasteiger partial charge is 0.326 e. The molecule has 0 rings (SSSR count). The van der Waals surface area contributed by atoms with Crippen LogP contribution in [0.5, 0.6) is 0 Å². The van der Waals surface area contributed by atoms with Crippen LogP contribution in [0.4, 0.5) is 0 Å². The Balaban J connectivity index is 5.67. The minimum atomic E-state index is -1.51. The molecule has 0 aromatic carbocycles. The van der Waals surface area contributed by atoms with Crippen LogP contribution in [0.3, 0.4) is 0 Å². The van der Waals surface area contributed by atoms with Gasteiger partial charge >= 0.3 is 5.97 Å². The van der Waals surface area contributed by atoms with Gasteiger partial charge in [-0.1, -0.05) is 40.5 Å². The van der Waals surface area contributed by atoms with E-state index in [4.69, 9.17) is 17.2 Å². The molecule has 0 aromatic rings. The third-order valence-corrected chi connectivity index (χ3v) is 5.69. The van der Waals surface area contributed by atoms with E-state index in [2.05, 4.69) is 16.0 Å². The van der Waals surface area contributed by atoms with Crippen LogP contribution in [0.2, 0.25) is 0 Å². The van der Waals surface area contributed by atoms with Crippen LogP contribution in [0.1, 0.15) is 59.8 Å². The summed E-state index contributed by atoms with van der Waals surface area (Å²) in [5.74, 6) is -6.01. The van der Waals surface area contributed by atoms with E-state index < -0.39 is 72.0 Å². The molecule has 0 aliphatic carbocycles. The first kappa shape index (κ1) is 30.8. The summed E-state index contributed by atoms with van der Waals surface area (Å²) in [6.07, 6.45) is -0.00204. The first-order valence-electron chi connectivity index (χ1n) is 11.2. The standard InChI is InChI=1S/C21H38N6O7/c1-5-10(3)16(24)20(32)25-12(7-8-14(22)28)18(30)26-13(9-15(23)29)19(31)27-17(21(33)34)11(4)6-2/h10-13,16-17H,5-9,24H2,1-4H3,(H2,22,28)(H2,23,29)(H,25,32)(H,26,30)(H,27,31)(H,33,34). The van der Waals surface area contributed by atoms with Crippen LogP contribution < -0.4 is 33.2 Å². The van der Waals surface area contributed by atoms with Crippen LogP contribution >= 0.6 is 0 Å². The molecule has 13 heteroatoms. The van der Waals surface area contributed by atoms with Gasteiger partial charge in [0.1, 0.15) is 18.1 Å². The molecule has 0 aliphatic rings. The summed E-state index contributed by atoms with van der Waals surface area (Å²) >= 11 is 0. The summed E-state index contributed by atoms with van der Waals surface area (Å²) in [5, 5.41) is 16.5. The largest absolute Gasteiger partial charge is 0.480 e. The van der Waals surface area contributed by atoms with Crippen molar-refractivity contribution >= 4 is 35.5 Å². The zero-order valence-electron chi connectivity index (χ0n) is 20.1. The SMILES string of the molecule is CCC(C)C(N)C(=O)NC(CCC(N)=O)C(=O)NC(CC(N)=O)C(=O)NC(C(=O)O)C(C)CC. The lowest BCUT2D eigenvalue weighted by Gasteiger charge is -2.26. The van der Waals surface area contributed by atoms with Gasteiger partial charge in [0.25, 0.3) is 0 Å². The van der Waals surface area contributed by atoms with Gasteiger partial charge in [0.2, 0.25) is 29.5 Å². The average Bonchev–Trinajstić information content (AvgIpc) is 2.76. The Bertz CT molecular complexity index is 760. The molecule has 0 fully saturated rings. The van der Waals surface area contributed by atoms with E-state index in [0.717, 1.165) is 0 Å². The lowest BCUT2D eigenvalue weighted by molar-refractivity contribution is -0.144. The molecule has 0 heterocycles. The highest BCUT2D eigenvalue weighted by Crippen LogP contribution is 2.10. The first-order chi connectivity index (χ1) is 15.7. The van der Waals surface area contributed by atoms with Crippen LogP contribution in [-0.4, -0.2) is 64.8 Å². The summed E-state index contributed by atoms with van der Waals surface area (Å²) in [7, 11) is 0. The number of carboxylic acids is 1. The second-order valence-electron chi connectivity index (χ2n) is 8.42. The zero-order valence-corrected chi connectivity index (χ0v) is 20.1. The first-order valence-corrected chi connectivity index (χ1v) is 11.2. The van der Waals surface area contributed by atoms with Crippen LogP contribution in [0.25, 0.3) is 0 Å². The van der Waals surface area contributed by atoms with E-state index in [1.807, 2.05) is 6.92 Å². The number of carbonyl (C=O) groups is 6. The van der Waals surface area contributed by atoms with Gasteiger partial charge in [-0.05, 0) is 18.3 Å². The van der Waals surface area contributed by atoms with Crippen molar-refractivity contribution in [3.8, 4) is 0 Å². The van der Waals surface area contributed by atoms with E-state index in [-0.39, 0.29) is 18.8 Å². The second kappa shape index (κ2) is 14.8. The molecule has 0 spiro atoms. The van der Waals surface area contributed by atoms with E-state index in [0.29, 0.717) is 12.8 Å². The van der Waals surface area contributed by atoms with Crippen molar-refractivity contribution < 1.29 is 33.9 Å². The van der Waals surface area contributed by atoms with E-state index in [1.165, 1.54) is 0 Å². The molecule has 6 atom stereocenters. The molecule has 6 unspecified atom stereocenters. The maximum atomic E-state index is 12.9. The van der Waals surface area contributed by atoms with Crippen molar-refractivity contribution in [3.63, 3.8) is 0 Å². The fourth-order valence-electron chi connectivity index (χ4n) is 2.96. The van der Waals surface area contributed by atoms with Gasteiger partial charge in [-0.2, -0.15) is 0 Å². The summed E-state index contributed by atoms with van der Waals surface area (Å²) in [5.41, 5.74) is 16.2. The number of carbonyl (C=O) groups excluding carboxylic acids is 5. The molecule has 34 heavy (non-hydrogen) atoms. The van der Waals surface area contributed by atoms with Crippen molar-refractivity contribution in [2.45, 2.75) is 84.0 Å². The van der Waals surface area contributed by atoms with Gasteiger partial charge in [-0.25, -0.2) is 4.79 Å². The third-order valence-electron chi connectivity index (χ3n) is 5.69. The molecule has 0 saturated heterocycles. The second-order valence-corrected chi connectivity index (χ2v) is 8.42. The van der Waals surface area contributed by atoms with Gasteiger partial charge in [-0.15, -0.1) is 0 Å².